The van der Waals surface area contributed by atoms with E-state index in [2.05, 4.69) is 5.32 Å². The summed E-state index contributed by atoms with van der Waals surface area (Å²) < 4.78 is 5.90. The van der Waals surface area contributed by atoms with Gasteiger partial charge in [-0.05, 0) is 35.4 Å². The molecule has 3 aromatic rings. The van der Waals surface area contributed by atoms with Crippen molar-refractivity contribution in [2.75, 3.05) is 5.32 Å². The summed E-state index contributed by atoms with van der Waals surface area (Å²) in [5, 5.41) is 12.4. The number of aromatic carboxylic acids is 1. The molecule has 1 aliphatic heterocycles. The van der Waals surface area contributed by atoms with Crippen molar-refractivity contribution in [2.45, 2.75) is 0 Å². The summed E-state index contributed by atoms with van der Waals surface area (Å²) >= 11 is 0. The van der Waals surface area contributed by atoms with Crippen molar-refractivity contribution in [1.29, 1.82) is 0 Å². The average molecular weight is 303 g/mol. The van der Waals surface area contributed by atoms with Crippen molar-refractivity contribution >= 4 is 17.3 Å². The highest BCUT2D eigenvalue weighted by atomic mass is 16.5. The van der Waals surface area contributed by atoms with E-state index in [-0.39, 0.29) is 5.56 Å². The number of anilines is 2. The molecular formula is C19H13NO3. The van der Waals surface area contributed by atoms with Crippen LogP contribution in [0.5, 0.6) is 11.5 Å². The second-order valence-corrected chi connectivity index (χ2v) is 5.29. The highest BCUT2D eigenvalue weighted by Crippen LogP contribution is 2.44. The lowest BCUT2D eigenvalue weighted by molar-refractivity contribution is 0.0697. The van der Waals surface area contributed by atoms with Gasteiger partial charge in [0.15, 0.2) is 11.5 Å². The summed E-state index contributed by atoms with van der Waals surface area (Å²) in [5.74, 6) is 0.214. The molecule has 0 saturated heterocycles. The number of hydrogen-bond donors (Lipinski definition) is 2. The highest BCUT2D eigenvalue weighted by molar-refractivity contribution is 5.98. The molecule has 0 fully saturated rings. The van der Waals surface area contributed by atoms with Gasteiger partial charge in [-0.25, -0.2) is 4.79 Å². The lowest BCUT2D eigenvalue weighted by Gasteiger charge is -2.23. The van der Waals surface area contributed by atoms with Crippen LogP contribution in [0.25, 0.3) is 11.1 Å². The van der Waals surface area contributed by atoms with E-state index < -0.39 is 5.97 Å². The number of fused-ring (bicyclic) bond motifs is 2. The zero-order chi connectivity index (χ0) is 15.8. The van der Waals surface area contributed by atoms with Crippen LogP contribution >= 0.6 is 0 Å². The molecule has 4 nitrogen and oxygen atoms in total. The normalized spacial score (nSPS) is 11.7. The first-order valence-electron chi connectivity index (χ1n) is 7.23. The average Bonchev–Trinajstić information content (AvgIpc) is 2.59. The van der Waals surface area contributed by atoms with Gasteiger partial charge in [0.2, 0.25) is 0 Å². The molecular weight excluding hydrogens is 290 g/mol. The number of nitrogens with one attached hydrogen (secondary N) is 1. The number of carboxylic acids is 1. The highest BCUT2D eigenvalue weighted by Gasteiger charge is 2.22. The monoisotopic (exact) mass is 303 g/mol. The minimum absolute atomic E-state index is 0.195. The molecule has 0 amide bonds. The first kappa shape index (κ1) is 13.4. The maximum Gasteiger partial charge on any atom is 0.337 e. The fourth-order valence-electron chi connectivity index (χ4n) is 2.70. The molecule has 0 aliphatic carbocycles. The third-order valence-electron chi connectivity index (χ3n) is 3.82. The first-order chi connectivity index (χ1) is 11.2. The van der Waals surface area contributed by atoms with E-state index >= 15 is 0 Å². The molecule has 0 radical (unpaired) electrons. The molecule has 23 heavy (non-hydrogen) atoms. The molecule has 3 aromatic carbocycles. The van der Waals surface area contributed by atoms with Crippen LogP contribution in [0.15, 0.2) is 66.7 Å². The summed E-state index contributed by atoms with van der Waals surface area (Å²) in [6, 6.07) is 20.9. The van der Waals surface area contributed by atoms with Gasteiger partial charge >= 0.3 is 5.97 Å². The largest absolute Gasteiger partial charge is 0.478 e. The van der Waals surface area contributed by atoms with Gasteiger partial charge in [0.05, 0.1) is 16.9 Å². The molecule has 0 saturated carbocycles. The van der Waals surface area contributed by atoms with Crippen molar-refractivity contribution in [3.05, 3.63) is 72.3 Å². The maximum absolute atomic E-state index is 11.3. The molecule has 1 aliphatic rings. The zero-order valence-corrected chi connectivity index (χ0v) is 12.1. The number of ether oxygens (including phenoxy) is 1. The van der Waals surface area contributed by atoms with E-state index in [1.807, 2.05) is 48.5 Å². The second-order valence-electron chi connectivity index (χ2n) is 5.29. The van der Waals surface area contributed by atoms with E-state index in [0.29, 0.717) is 17.2 Å². The number of carbonyl (C=O) groups is 1. The summed E-state index contributed by atoms with van der Waals surface area (Å²) in [5.41, 5.74) is 3.58. The van der Waals surface area contributed by atoms with Crippen LogP contribution in [0.4, 0.5) is 11.4 Å². The van der Waals surface area contributed by atoms with Gasteiger partial charge < -0.3 is 15.2 Å². The minimum atomic E-state index is -0.984. The molecule has 0 spiro atoms. The standard InChI is InChI=1S/C19H13NO3/c21-19(22)14-7-4-8-16-18(14)20-15-10-9-13(11-17(15)23-16)12-5-2-1-3-6-12/h1-11,20H,(H,21,22). The van der Waals surface area contributed by atoms with Gasteiger partial charge in [0, 0.05) is 0 Å². The Labute approximate surface area is 133 Å². The number of para-hydroxylation sites is 1. The molecule has 112 valence electrons. The van der Waals surface area contributed by atoms with Crippen LogP contribution in [-0.2, 0) is 0 Å². The van der Waals surface area contributed by atoms with Crippen LogP contribution in [0.3, 0.4) is 0 Å². The van der Waals surface area contributed by atoms with Crippen LogP contribution in [0.1, 0.15) is 10.4 Å². The third kappa shape index (κ3) is 2.30. The van der Waals surface area contributed by atoms with Crippen LogP contribution in [0, 0.1) is 0 Å². The lowest BCUT2D eigenvalue weighted by Crippen LogP contribution is -2.08. The van der Waals surface area contributed by atoms with Crippen LogP contribution in [0.2, 0.25) is 0 Å². The Bertz CT molecular complexity index is 904. The molecule has 4 rings (SSSR count). The molecule has 0 aromatic heterocycles. The summed E-state index contributed by atoms with van der Waals surface area (Å²) in [7, 11) is 0. The van der Waals surface area contributed by atoms with Crippen molar-refractivity contribution in [3.63, 3.8) is 0 Å². The Kier molecular flexibility index (Phi) is 3.01. The van der Waals surface area contributed by atoms with E-state index in [4.69, 9.17) is 4.74 Å². The van der Waals surface area contributed by atoms with Crippen molar-refractivity contribution in [2.24, 2.45) is 0 Å². The van der Waals surface area contributed by atoms with Crippen molar-refractivity contribution in [3.8, 4) is 22.6 Å². The number of carboxylic acid groups (broad SMARTS) is 1. The molecule has 1 heterocycles. The third-order valence-corrected chi connectivity index (χ3v) is 3.82. The summed E-state index contributed by atoms with van der Waals surface area (Å²) in [6.45, 7) is 0. The van der Waals surface area contributed by atoms with Gasteiger partial charge in [0.25, 0.3) is 0 Å². The topological polar surface area (TPSA) is 58.6 Å². The Morgan fingerprint density at radius 2 is 1.70 bits per heavy atom. The van der Waals surface area contributed by atoms with Crippen LogP contribution < -0.4 is 10.1 Å². The van der Waals surface area contributed by atoms with Crippen molar-refractivity contribution in [1.82, 2.24) is 0 Å². The first-order valence-corrected chi connectivity index (χ1v) is 7.23. The molecule has 2 N–H and O–H groups in total. The van der Waals surface area contributed by atoms with Gasteiger partial charge in [-0.2, -0.15) is 0 Å². The zero-order valence-electron chi connectivity index (χ0n) is 12.1. The summed E-state index contributed by atoms with van der Waals surface area (Å²) in [4.78, 5) is 11.3. The smallest absolute Gasteiger partial charge is 0.337 e. The van der Waals surface area contributed by atoms with E-state index in [9.17, 15) is 9.90 Å². The van der Waals surface area contributed by atoms with Crippen molar-refractivity contribution < 1.29 is 14.6 Å². The fourth-order valence-corrected chi connectivity index (χ4v) is 2.70. The summed E-state index contributed by atoms with van der Waals surface area (Å²) in [6.07, 6.45) is 0. The minimum Gasteiger partial charge on any atom is -0.478 e. The van der Waals surface area contributed by atoms with E-state index in [0.717, 1.165) is 16.8 Å². The SMILES string of the molecule is O=C(O)c1cccc2c1Nc1ccc(-c3ccccc3)cc1O2. The number of benzene rings is 3. The quantitative estimate of drug-likeness (QED) is 0.553. The molecule has 0 bridgehead atoms. The second kappa shape index (κ2) is 5.18. The number of rotatable bonds is 2. The molecule has 0 atom stereocenters. The molecule has 0 unspecified atom stereocenters. The number of hydrogen-bond acceptors (Lipinski definition) is 3. The van der Waals surface area contributed by atoms with Gasteiger partial charge in [0.1, 0.15) is 0 Å². The van der Waals surface area contributed by atoms with Crippen LogP contribution in [-0.4, -0.2) is 11.1 Å². The Morgan fingerprint density at radius 1 is 0.870 bits per heavy atom. The van der Waals surface area contributed by atoms with E-state index in [1.165, 1.54) is 0 Å². The Morgan fingerprint density at radius 3 is 2.48 bits per heavy atom. The predicted octanol–water partition coefficient (Wildman–Crippen LogP) is 4.90. The lowest BCUT2D eigenvalue weighted by atomic mass is 10.0. The van der Waals surface area contributed by atoms with Gasteiger partial charge in [-0.15, -0.1) is 0 Å². The maximum atomic E-state index is 11.3. The van der Waals surface area contributed by atoms with Gasteiger partial charge in [-0.1, -0.05) is 42.5 Å². The Hall–Kier alpha value is -3.27. The molecule has 4 heteroatoms. The Balaban J connectivity index is 1.77. The fraction of sp³-hybridized carbons (Fsp3) is 0. The van der Waals surface area contributed by atoms with E-state index in [1.54, 1.807) is 18.2 Å². The van der Waals surface area contributed by atoms with Gasteiger partial charge in [-0.3, -0.25) is 0 Å². The predicted molar refractivity (Wildman–Crippen MR) is 88.6 cm³/mol.